The minimum Gasteiger partial charge on any atom is -0.383 e. The van der Waals surface area contributed by atoms with E-state index < -0.39 is 5.60 Å². The van der Waals surface area contributed by atoms with Crippen molar-refractivity contribution in [3.05, 3.63) is 52.6 Å². The first kappa shape index (κ1) is 15.6. The van der Waals surface area contributed by atoms with Gasteiger partial charge < -0.3 is 10.0 Å². The smallest absolute Gasteiger partial charge is 0.108 e. The molecule has 1 fully saturated rings. The van der Waals surface area contributed by atoms with Gasteiger partial charge in [-0.05, 0) is 44.0 Å². The number of aliphatic hydroxyl groups is 1. The molecular weight excluding hydrogens is 284 g/mol. The molecule has 2 rings (SSSR count). The van der Waals surface area contributed by atoms with Gasteiger partial charge >= 0.3 is 0 Å². The number of nitriles is 1. The second kappa shape index (κ2) is 6.34. The third-order valence-corrected chi connectivity index (χ3v) is 4.19. The molecule has 1 aliphatic rings. The van der Waals surface area contributed by atoms with Crippen molar-refractivity contribution in [1.29, 1.82) is 5.26 Å². The summed E-state index contributed by atoms with van der Waals surface area (Å²) in [4.78, 5) is 2.10. The van der Waals surface area contributed by atoms with Crippen molar-refractivity contribution in [3.63, 3.8) is 0 Å². The van der Waals surface area contributed by atoms with Gasteiger partial charge in [-0.2, -0.15) is 5.26 Å². The summed E-state index contributed by atoms with van der Waals surface area (Å²) in [6.07, 6.45) is 6.52. The van der Waals surface area contributed by atoms with E-state index in [0.717, 1.165) is 17.8 Å². The Labute approximate surface area is 130 Å². The van der Waals surface area contributed by atoms with Gasteiger partial charge in [-0.15, -0.1) is 0 Å². The van der Waals surface area contributed by atoms with Crippen LogP contribution in [0.15, 0.2) is 42.0 Å². The predicted molar refractivity (Wildman–Crippen MR) is 86.5 cm³/mol. The van der Waals surface area contributed by atoms with Crippen molar-refractivity contribution in [3.8, 4) is 6.07 Å². The Balaban J connectivity index is 2.23. The highest BCUT2D eigenvalue weighted by atomic mass is 35.5. The Morgan fingerprint density at radius 2 is 2.24 bits per heavy atom. The minimum atomic E-state index is -0.832. The maximum absolute atomic E-state index is 10.8. The summed E-state index contributed by atoms with van der Waals surface area (Å²) in [5, 5.41) is 20.2. The second-order valence-electron chi connectivity index (χ2n) is 5.22. The van der Waals surface area contributed by atoms with E-state index in [-0.39, 0.29) is 0 Å². The van der Waals surface area contributed by atoms with E-state index in [2.05, 4.69) is 11.0 Å². The molecule has 4 heteroatoms. The SMILES string of the molecule is C/C=C\C(=C/C)C1(O)CCN(c2ccc(C#N)c(Cl)c2)C1. The van der Waals surface area contributed by atoms with Crippen LogP contribution in [0.3, 0.4) is 0 Å². The number of hydrogen-bond donors (Lipinski definition) is 1. The highest BCUT2D eigenvalue weighted by Crippen LogP contribution is 2.34. The van der Waals surface area contributed by atoms with Crippen LogP contribution in [0.5, 0.6) is 0 Å². The fraction of sp³-hybridized carbons (Fsp3) is 0.353. The maximum Gasteiger partial charge on any atom is 0.108 e. The molecule has 0 amide bonds. The van der Waals surface area contributed by atoms with Crippen LogP contribution >= 0.6 is 11.6 Å². The molecule has 0 bridgehead atoms. The Morgan fingerprint density at radius 3 is 2.81 bits per heavy atom. The summed E-state index contributed by atoms with van der Waals surface area (Å²) in [6.45, 7) is 5.17. The van der Waals surface area contributed by atoms with Gasteiger partial charge in [-0.25, -0.2) is 0 Å². The van der Waals surface area contributed by atoms with Gasteiger partial charge in [0, 0.05) is 12.2 Å². The molecule has 1 aromatic carbocycles. The van der Waals surface area contributed by atoms with Crippen LogP contribution in [0.4, 0.5) is 5.69 Å². The van der Waals surface area contributed by atoms with Gasteiger partial charge in [0.15, 0.2) is 0 Å². The van der Waals surface area contributed by atoms with E-state index >= 15 is 0 Å². The highest BCUT2D eigenvalue weighted by molar-refractivity contribution is 6.32. The van der Waals surface area contributed by atoms with Crippen molar-refractivity contribution in [1.82, 2.24) is 0 Å². The van der Waals surface area contributed by atoms with Gasteiger partial charge in [0.05, 0.1) is 17.1 Å². The zero-order valence-corrected chi connectivity index (χ0v) is 13.1. The fourth-order valence-corrected chi connectivity index (χ4v) is 2.96. The first-order chi connectivity index (χ1) is 10.0. The largest absolute Gasteiger partial charge is 0.383 e. The maximum atomic E-state index is 10.8. The molecule has 0 aromatic heterocycles. The summed E-state index contributed by atoms with van der Waals surface area (Å²) in [7, 11) is 0. The molecule has 0 spiro atoms. The summed E-state index contributed by atoms with van der Waals surface area (Å²) >= 11 is 6.08. The number of halogens is 1. The topological polar surface area (TPSA) is 47.3 Å². The lowest BCUT2D eigenvalue weighted by Gasteiger charge is -2.26. The van der Waals surface area contributed by atoms with Crippen LogP contribution in [-0.2, 0) is 0 Å². The molecular formula is C17H19ClN2O. The van der Waals surface area contributed by atoms with Gasteiger partial charge in [0.1, 0.15) is 11.7 Å². The van der Waals surface area contributed by atoms with E-state index in [9.17, 15) is 5.11 Å². The molecule has 0 radical (unpaired) electrons. The molecule has 1 aliphatic heterocycles. The third-order valence-electron chi connectivity index (χ3n) is 3.88. The van der Waals surface area contributed by atoms with Crippen molar-refractivity contribution in [2.45, 2.75) is 25.9 Å². The lowest BCUT2D eigenvalue weighted by Crippen LogP contribution is -2.34. The predicted octanol–water partition coefficient (Wildman–Crippen LogP) is 3.68. The van der Waals surface area contributed by atoms with Gasteiger partial charge in [0.25, 0.3) is 0 Å². The molecule has 1 atom stereocenters. The molecule has 0 saturated carbocycles. The van der Waals surface area contributed by atoms with E-state index in [4.69, 9.17) is 16.9 Å². The number of β-amino-alcohol motifs (C(OH)–C–C–N with tert-alkyl or cyclic N) is 1. The molecule has 1 saturated heterocycles. The van der Waals surface area contributed by atoms with Crippen molar-refractivity contribution >= 4 is 17.3 Å². The Kier molecular flexibility index (Phi) is 4.72. The number of hydrogen-bond acceptors (Lipinski definition) is 3. The van der Waals surface area contributed by atoms with Crippen LogP contribution in [-0.4, -0.2) is 23.8 Å². The van der Waals surface area contributed by atoms with Crippen molar-refractivity contribution < 1.29 is 5.11 Å². The molecule has 1 aromatic rings. The number of anilines is 1. The lowest BCUT2D eigenvalue weighted by molar-refractivity contribution is 0.106. The monoisotopic (exact) mass is 302 g/mol. The van der Waals surface area contributed by atoms with E-state index in [1.54, 1.807) is 12.1 Å². The van der Waals surface area contributed by atoms with Crippen LogP contribution in [0.25, 0.3) is 0 Å². The van der Waals surface area contributed by atoms with E-state index in [0.29, 0.717) is 23.6 Å². The second-order valence-corrected chi connectivity index (χ2v) is 5.63. The number of nitrogens with zero attached hydrogens (tertiary/aromatic N) is 2. The van der Waals surface area contributed by atoms with Crippen molar-refractivity contribution in [2.75, 3.05) is 18.0 Å². The zero-order valence-electron chi connectivity index (χ0n) is 12.3. The molecule has 21 heavy (non-hydrogen) atoms. The molecule has 0 aliphatic carbocycles. The quantitative estimate of drug-likeness (QED) is 0.867. The van der Waals surface area contributed by atoms with E-state index in [1.807, 2.05) is 38.1 Å². The minimum absolute atomic E-state index is 0.449. The van der Waals surface area contributed by atoms with Crippen molar-refractivity contribution in [2.24, 2.45) is 0 Å². The average Bonchev–Trinajstić information content (AvgIpc) is 2.88. The third kappa shape index (κ3) is 3.12. The Bertz CT molecular complexity index is 630. The Hall–Kier alpha value is -1.76. The molecule has 1 heterocycles. The van der Waals surface area contributed by atoms with Crippen LogP contribution in [0.1, 0.15) is 25.8 Å². The summed E-state index contributed by atoms with van der Waals surface area (Å²) in [5.74, 6) is 0. The van der Waals surface area contributed by atoms with Gasteiger partial charge in [0.2, 0.25) is 0 Å². The van der Waals surface area contributed by atoms with E-state index in [1.165, 1.54) is 0 Å². The molecule has 110 valence electrons. The number of benzene rings is 1. The normalized spacial score (nSPS) is 22.8. The lowest BCUT2D eigenvalue weighted by atomic mass is 9.92. The molecule has 1 N–H and O–H groups in total. The molecule has 3 nitrogen and oxygen atoms in total. The zero-order chi connectivity index (χ0) is 15.5. The standard InChI is InChI=1S/C17H19ClN2O/c1-3-5-14(4-2)17(21)8-9-20(12-17)15-7-6-13(11-19)16(18)10-15/h3-7,10,21H,8-9,12H2,1-2H3/b5-3-,14-4+. The average molecular weight is 303 g/mol. The summed E-state index contributed by atoms with van der Waals surface area (Å²) < 4.78 is 0. The Morgan fingerprint density at radius 1 is 1.48 bits per heavy atom. The van der Waals surface area contributed by atoms with Crippen LogP contribution in [0.2, 0.25) is 5.02 Å². The number of allylic oxidation sites excluding steroid dienone is 2. The summed E-state index contributed by atoms with van der Waals surface area (Å²) in [6, 6.07) is 7.44. The van der Waals surface area contributed by atoms with Crippen LogP contribution < -0.4 is 4.90 Å². The van der Waals surface area contributed by atoms with Gasteiger partial charge in [-0.1, -0.05) is 29.8 Å². The summed E-state index contributed by atoms with van der Waals surface area (Å²) in [5.41, 5.74) is 1.51. The fourth-order valence-electron chi connectivity index (χ4n) is 2.74. The van der Waals surface area contributed by atoms with Crippen LogP contribution in [0, 0.1) is 11.3 Å². The number of rotatable bonds is 3. The first-order valence-electron chi connectivity index (χ1n) is 7.00. The molecule has 1 unspecified atom stereocenters. The highest BCUT2D eigenvalue weighted by Gasteiger charge is 2.38. The van der Waals surface area contributed by atoms with Gasteiger partial charge in [-0.3, -0.25) is 0 Å². The first-order valence-corrected chi connectivity index (χ1v) is 7.38.